The van der Waals surface area contributed by atoms with Gasteiger partial charge < -0.3 is 21.1 Å². The number of hydrogen-bond donors (Lipinski definition) is 3. The van der Waals surface area contributed by atoms with Crippen LogP contribution in [-0.2, 0) is 9.84 Å². The summed E-state index contributed by atoms with van der Waals surface area (Å²) in [6.07, 6.45) is 5.09. The molecule has 1 fully saturated rings. The van der Waals surface area contributed by atoms with E-state index in [9.17, 15) is 22.3 Å². The Labute approximate surface area is 211 Å². The van der Waals surface area contributed by atoms with Crippen LogP contribution in [0.3, 0.4) is 0 Å². The molecule has 0 bridgehead atoms. The lowest BCUT2D eigenvalue weighted by atomic mass is 9.92. The normalized spacial score (nSPS) is 20.4. The lowest BCUT2D eigenvalue weighted by Crippen LogP contribution is -2.55. The number of rotatable bonds is 5. The van der Waals surface area contributed by atoms with Crippen LogP contribution in [0.1, 0.15) is 6.92 Å². The number of imidazole rings is 1. The van der Waals surface area contributed by atoms with Crippen molar-refractivity contribution in [2.45, 2.75) is 24.0 Å². The maximum atomic E-state index is 14.8. The van der Waals surface area contributed by atoms with E-state index in [0.717, 1.165) is 24.1 Å². The zero-order chi connectivity index (χ0) is 26.5. The van der Waals surface area contributed by atoms with Crippen LogP contribution in [0.5, 0.6) is 0 Å². The molecule has 0 amide bonds. The number of aliphatic hydroxyl groups is 1. The van der Waals surface area contributed by atoms with Crippen molar-refractivity contribution in [3.05, 3.63) is 60.6 Å². The van der Waals surface area contributed by atoms with E-state index in [4.69, 9.17) is 5.73 Å². The number of fused-ring (bicyclic) bond motifs is 1. The van der Waals surface area contributed by atoms with Crippen molar-refractivity contribution in [1.82, 2.24) is 19.6 Å². The van der Waals surface area contributed by atoms with Crippen LogP contribution in [0, 0.1) is 17.6 Å². The minimum Gasteiger partial charge on any atom is -0.391 e. The van der Waals surface area contributed by atoms with Gasteiger partial charge in [-0.3, -0.25) is 4.98 Å². The standard InChI is InChI=1S/C24H25F2N7O3S/c1-13-11-32(12-18(27)23(13)34)21-5-6-28-10-20(21)30-24-29-9-14-3-4-19(31-33(14)24)22-16(25)7-15(8-17(22)26)37(2,35)36/h3-10,13,18,23,34H,11-12,27H2,1-2H3,(H,29,30)/t13-,18+,23+/m0/s1. The van der Waals surface area contributed by atoms with Crippen molar-refractivity contribution < 1.29 is 22.3 Å². The number of pyridine rings is 1. The van der Waals surface area contributed by atoms with Crippen LogP contribution < -0.4 is 16.0 Å². The summed E-state index contributed by atoms with van der Waals surface area (Å²) >= 11 is 0. The Balaban J connectivity index is 1.51. The molecule has 5 rings (SSSR count). The first kappa shape index (κ1) is 25.0. The molecule has 1 aromatic carbocycles. The van der Waals surface area contributed by atoms with Crippen LogP contribution in [0.4, 0.5) is 26.1 Å². The molecule has 1 saturated heterocycles. The minimum atomic E-state index is -3.79. The first-order valence-corrected chi connectivity index (χ1v) is 13.4. The average Bonchev–Trinajstić information content (AvgIpc) is 3.23. The monoisotopic (exact) mass is 529 g/mol. The Morgan fingerprint density at radius 2 is 1.86 bits per heavy atom. The highest BCUT2D eigenvalue weighted by molar-refractivity contribution is 7.90. The Hall–Kier alpha value is -3.68. The number of nitrogens with one attached hydrogen (secondary N) is 1. The second kappa shape index (κ2) is 9.32. The van der Waals surface area contributed by atoms with Gasteiger partial charge >= 0.3 is 0 Å². The van der Waals surface area contributed by atoms with Gasteiger partial charge in [-0.05, 0) is 30.3 Å². The van der Waals surface area contributed by atoms with Gasteiger partial charge in [-0.15, -0.1) is 0 Å². The molecule has 3 atom stereocenters. The average molecular weight is 530 g/mol. The fraction of sp³-hybridized carbons (Fsp3) is 0.292. The molecule has 0 saturated carbocycles. The molecule has 4 N–H and O–H groups in total. The Morgan fingerprint density at radius 1 is 1.14 bits per heavy atom. The molecule has 1 aliphatic heterocycles. The van der Waals surface area contributed by atoms with Crippen LogP contribution in [0.15, 0.2) is 53.8 Å². The highest BCUT2D eigenvalue weighted by Crippen LogP contribution is 2.32. The molecule has 0 spiro atoms. The van der Waals surface area contributed by atoms with Gasteiger partial charge in [-0.2, -0.15) is 9.61 Å². The first-order valence-electron chi connectivity index (χ1n) is 11.5. The zero-order valence-corrected chi connectivity index (χ0v) is 20.8. The molecule has 0 radical (unpaired) electrons. The van der Waals surface area contributed by atoms with E-state index < -0.39 is 44.1 Å². The third-order valence-electron chi connectivity index (χ3n) is 6.43. The van der Waals surface area contributed by atoms with Crippen molar-refractivity contribution in [2.24, 2.45) is 11.7 Å². The molecule has 3 aromatic heterocycles. The number of hydrogen-bond acceptors (Lipinski definition) is 9. The molecule has 4 heterocycles. The molecule has 194 valence electrons. The minimum absolute atomic E-state index is 0.0416. The number of sulfone groups is 1. The van der Waals surface area contributed by atoms with Crippen LogP contribution >= 0.6 is 0 Å². The van der Waals surface area contributed by atoms with Crippen molar-refractivity contribution in [1.29, 1.82) is 0 Å². The topological polar surface area (TPSA) is 139 Å². The lowest BCUT2D eigenvalue weighted by Gasteiger charge is -2.40. The number of piperidine rings is 1. The van der Waals surface area contributed by atoms with Gasteiger partial charge in [0, 0.05) is 37.5 Å². The van der Waals surface area contributed by atoms with E-state index in [0.29, 0.717) is 24.3 Å². The van der Waals surface area contributed by atoms with E-state index in [1.165, 1.54) is 10.6 Å². The van der Waals surface area contributed by atoms with Crippen LogP contribution in [0.25, 0.3) is 16.8 Å². The third-order valence-corrected chi connectivity index (χ3v) is 7.52. The largest absolute Gasteiger partial charge is 0.391 e. The van der Waals surface area contributed by atoms with E-state index in [1.54, 1.807) is 24.7 Å². The number of aromatic nitrogens is 4. The summed E-state index contributed by atoms with van der Waals surface area (Å²) in [6, 6.07) is 5.98. The molecular formula is C24H25F2N7O3S. The molecule has 10 nitrogen and oxygen atoms in total. The summed E-state index contributed by atoms with van der Waals surface area (Å²) in [7, 11) is -3.79. The van der Waals surface area contributed by atoms with Gasteiger partial charge in [0.25, 0.3) is 0 Å². The predicted octanol–water partition coefficient (Wildman–Crippen LogP) is 2.36. The zero-order valence-electron chi connectivity index (χ0n) is 20.0. The first-order chi connectivity index (χ1) is 17.5. The number of nitrogens with zero attached hydrogens (tertiary/aromatic N) is 5. The highest BCUT2D eigenvalue weighted by Gasteiger charge is 2.32. The maximum Gasteiger partial charge on any atom is 0.229 e. The SMILES string of the molecule is C[C@H]1CN(c2ccncc2Nc2ncc3ccc(-c4c(F)cc(S(C)(=O)=O)cc4F)nn23)C[C@@H](N)[C@@H]1O. The fourth-order valence-corrected chi connectivity index (χ4v) is 5.14. The van der Waals surface area contributed by atoms with E-state index >= 15 is 0 Å². The quantitative estimate of drug-likeness (QED) is 0.356. The second-order valence-electron chi connectivity index (χ2n) is 9.23. The van der Waals surface area contributed by atoms with Crippen molar-refractivity contribution in [3.8, 4) is 11.3 Å². The molecule has 1 aliphatic rings. The Kier molecular flexibility index (Phi) is 6.30. The molecule has 0 aliphatic carbocycles. The molecular weight excluding hydrogens is 504 g/mol. The number of anilines is 3. The summed E-state index contributed by atoms with van der Waals surface area (Å²) in [4.78, 5) is 10.1. The molecule has 4 aromatic rings. The molecule has 0 unspecified atom stereocenters. The highest BCUT2D eigenvalue weighted by atomic mass is 32.2. The Morgan fingerprint density at radius 3 is 2.54 bits per heavy atom. The lowest BCUT2D eigenvalue weighted by molar-refractivity contribution is 0.0785. The van der Waals surface area contributed by atoms with E-state index in [1.807, 2.05) is 13.0 Å². The summed E-state index contributed by atoms with van der Waals surface area (Å²) in [6.45, 7) is 2.95. The maximum absolute atomic E-state index is 14.8. The van der Waals surface area contributed by atoms with Gasteiger partial charge in [0.2, 0.25) is 5.95 Å². The van der Waals surface area contributed by atoms with Gasteiger partial charge in [-0.1, -0.05) is 6.92 Å². The van der Waals surface area contributed by atoms with Crippen LogP contribution in [0.2, 0.25) is 0 Å². The van der Waals surface area contributed by atoms with Crippen molar-refractivity contribution >= 4 is 32.7 Å². The van der Waals surface area contributed by atoms with Gasteiger partial charge in [0.15, 0.2) is 9.84 Å². The smallest absolute Gasteiger partial charge is 0.229 e. The van der Waals surface area contributed by atoms with Crippen molar-refractivity contribution in [3.63, 3.8) is 0 Å². The molecule has 13 heteroatoms. The fourth-order valence-electron chi connectivity index (χ4n) is 4.50. The number of nitrogens with two attached hydrogens (primary N) is 1. The number of benzene rings is 1. The molecule has 37 heavy (non-hydrogen) atoms. The number of halogens is 2. The predicted molar refractivity (Wildman–Crippen MR) is 134 cm³/mol. The van der Waals surface area contributed by atoms with E-state index in [2.05, 4.69) is 25.3 Å². The second-order valence-corrected chi connectivity index (χ2v) is 11.2. The van der Waals surface area contributed by atoms with Gasteiger partial charge in [-0.25, -0.2) is 22.2 Å². The summed E-state index contributed by atoms with van der Waals surface area (Å²) < 4.78 is 54.5. The van der Waals surface area contributed by atoms with E-state index in [-0.39, 0.29) is 17.6 Å². The summed E-state index contributed by atoms with van der Waals surface area (Å²) in [5, 5.41) is 17.8. The van der Waals surface area contributed by atoms with Crippen molar-refractivity contribution in [2.75, 3.05) is 29.6 Å². The van der Waals surface area contributed by atoms with Gasteiger partial charge in [0.1, 0.15) is 11.6 Å². The van der Waals surface area contributed by atoms with Gasteiger partial charge in [0.05, 0.1) is 51.5 Å². The van der Waals surface area contributed by atoms with Crippen LogP contribution in [-0.4, -0.2) is 64.6 Å². The number of aliphatic hydroxyl groups excluding tert-OH is 1. The summed E-state index contributed by atoms with van der Waals surface area (Å²) in [5.74, 6) is -1.86. The summed E-state index contributed by atoms with van der Waals surface area (Å²) in [5.41, 5.74) is 7.60. The third kappa shape index (κ3) is 4.72. The Bertz CT molecular complexity index is 1560.